The number of aromatic nitrogens is 1. The summed E-state index contributed by atoms with van der Waals surface area (Å²) in [6.07, 6.45) is -2.93. The number of urea groups is 1. The topological polar surface area (TPSA) is 496 Å². The summed E-state index contributed by atoms with van der Waals surface area (Å²) >= 11 is 0. The fraction of sp³-hybridized carbons (Fsp3) is 0.479. The molecule has 5 aromatic rings. The summed E-state index contributed by atoms with van der Waals surface area (Å²) < 4.78 is 11.0. The van der Waals surface area contributed by atoms with E-state index in [0.717, 1.165) is 21.6 Å². The van der Waals surface area contributed by atoms with E-state index in [9.17, 15) is 58.5 Å². The maximum absolute atomic E-state index is 15.3. The van der Waals surface area contributed by atoms with E-state index in [2.05, 4.69) is 68.8 Å². The van der Waals surface area contributed by atoms with Crippen LogP contribution in [0.2, 0.25) is 0 Å². The molecule has 13 amide bonds. The minimum atomic E-state index is -1.80. The summed E-state index contributed by atoms with van der Waals surface area (Å²) in [5.41, 5.74) is 13.6. The van der Waals surface area contributed by atoms with Crippen LogP contribution in [0.15, 0.2) is 115 Å². The second-order valence-electron chi connectivity index (χ2n) is 27.2. The van der Waals surface area contributed by atoms with Gasteiger partial charge < -0.3 is 105 Å². The number of anilines is 1. The first kappa shape index (κ1) is 85.9. The Morgan fingerprint density at radius 1 is 0.617 bits per heavy atom. The molecule has 20 N–H and O–H groups in total. The number of alkyl carbamates (subject to hydrolysis) is 2. The van der Waals surface area contributed by atoms with Gasteiger partial charge in [0.1, 0.15) is 60.5 Å². The number of hydrogen-bond donors (Lipinski definition) is 18. The lowest BCUT2D eigenvalue weighted by atomic mass is 10.0. The highest BCUT2D eigenvalue weighted by molar-refractivity contribution is 8.76. The second kappa shape index (κ2) is 43.0. The molecule has 0 spiro atoms. The number of aliphatic hydroxyl groups excluding tert-OH is 3. The number of carbonyl (C=O) groups is 12. The van der Waals surface area contributed by atoms with Gasteiger partial charge >= 0.3 is 18.2 Å². The molecule has 0 radical (unpaired) electrons. The van der Waals surface area contributed by atoms with Crippen molar-refractivity contribution < 1.29 is 82.3 Å². The van der Waals surface area contributed by atoms with Gasteiger partial charge in [-0.3, -0.25) is 43.2 Å². The number of H-pyrrole nitrogens is 1. The van der Waals surface area contributed by atoms with Crippen LogP contribution in [0.1, 0.15) is 103 Å². The van der Waals surface area contributed by atoms with Crippen molar-refractivity contribution in [2.45, 2.75) is 185 Å². The van der Waals surface area contributed by atoms with Crippen LogP contribution in [0, 0.1) is 5.92 Å². The Bertz CT molecular complexity index is 3790. The summed E-state index contributed by atoms with van der Waals surface area (Å²) in [5.74, 6) is -8.66. The number of primary amides is 1. The van der Waals surface area contributed by atoms with E-state index in [4.69, 9.17) is 20.9 Å². The van der Waals surface area contributed by atoms with Crippen LogP contribution in [0.5, 0.6) is 0 Å². The minimum Gasteiger partial charge on any atom is -0.445 e. The molecule has 0 saturated carbocycles. The lowest BCUT2D eigenvalue weighted by molar-refractivity contribution is -0.136. The molecular formula is C73H101N15O17S2. The van der Waals surface area contributed by atoms with Crippen LogP contribution in [-0.2, 0) is 78.5 Å². The number of hydrogen-bond acceptors (Lipinski definition) is 20. The number of nitrogens with two attached hydrogens (primary N) is 2. The molecule has 2 heterocycles. The van der Waals surface area contributed by atoms with Crippen molar-refractivity contribution >= 4 is 110 Å². The van der Waals surface area contributed by atoms with E-state index in [1.807, 2.05) is 0 Å². The number of ether oxygens (including phenoxy) is 2. The maximum atomic E-state index is 15.3. The zero-order chi connectivity index (χ0) is 78.3. The summed E-state index contributed by atoms with van der Waals surface area (Å²) in [6.45, 7) is 10.2. The standard InChI is InChI=1S/C73H101N15O17S2/c1-41(2)59(74)68(99)81-52(26-18-32-76-70(75)101)61(92)79-48-29-27-46(28-30-48)38-104-72(103)87-54(34-45-21-12-9-13-22-45)64(95)85-57-39-106-107-40-58(67(98)84-56(37-89)42(3)90)86-69(100)60(43(4)91)88-62(93)51(25-16-17-31-77-71(102)105-73(5,6)7)80-65(96)55(35-47-36-78-50-24-15-14-23-49(47)50)83-63(94)53(82-66(57)97)33-44-19-10-8-11-20-44/h8-15,19-24,27-30,36,41-43,51-60,78,89-91H,16-18,25-26,31-35,37-40,74H2,1-7H3,(H,77,102)(H,79,92)(H,80,96)(H,81,99)(H,82,97)(H,83,94)(H,84,98)(H,85,95)(H,86,100)(H,87,103)(H,88,93)(H3,75,76,101)/t42-,43-,51+,52+,53+,54+,55-,56-,57+,58+,59+,60?/m1/s1. The van der Waals surface area contributed by atoms with E-state index in [0.29, 0.717) is 38.8 Å². The molecule has 12 atom stereocenters. The highest BCUT2D eigenvalue weighted by Crippen LogP contribution is 2.25. The van der Waals surface area contributed by atoms with Crippen molar-refractivity contribution in [1.29, 1.82) is 0 Å². The average Bonchev–Trinajstić information content (AvgIpc) is 1.73. The predicted molar refractivity (Wildman–Crippen MR) is 403 cm³/mol. The summed E-state index contributed by atoms with van der Waals surface area (Å²) in [5, 5.41) is 64.3. The largest absolute Gasteiger partial charge is 0.445 e. The van der Waals surface area contributed by atoms with Gasteiger partial charge in [-0.25, -0.2) is 14.4 Å². The smallest absolute Gasteiger partial charge is 0.408 e. The van der Waals surface area contributed by atoms with Gasteiger partial charge in [-0.05, 0) is 113 Å². The number of nitrogens with one attached hydrogen (secondary N) is 13. The Balaban J connectivity index is 1.33. The molecule has 1 unspecified atom stereocenters. The van der Waals surface area contributed by atoms with E-state index < -0.39 is 156 Å². The molecule has 32 nitrogen and oxygen atoms in total. The summed E-state index contributed by atoms with van der Waals surface area (Å²) in [6, 6.07) is 15.6. The first-order valence-corrected chi connectivity index (χ1v) is 37.7. The fourth-order valence-electron chi connectivity index (χ4n) is 10.9. The molecular weight excluding hydrogens is 1420 g/mol. The Labute approximate surface area is 628 Å². The molecule has 1 aliphatic heterocycles. The number of aromatic amines is 1. The van der Waals surface area contributed by atoms with E-state index >= 15 is 14.4 Å². The second-order valence-corrected chi connectivity index (χ2v) is 29.8. The molecule has 4 aromatic carbocycles. The van der Waals surface area contributed by atoms with Crippen molar-refractivity contribution in [3.8, 4) is 0 Å². The molecule has 0 bridgehead atoms. The van der Waals surface area contributed by atoms with Crippen LogP contribution in [0.25, 0.3) is 10.9 Å². The van der Waals surface area contributed by atoms with Crippen LogP contribution in [0.3, 0.4) is 0 Å². The molecule has 1 aromatic heterocycles. The van der Waals surface area contributed by atoms with Crippen LogP contribution < -0.4 is 75.3 Å². The van der Waals surface area contributed by atoms with Gasteiger partial charge in [-0.1, -0.05) is 126 Å². The van der Waals surface area contributed by atoms with Gasteiger partial charge in [-0.2, -0.15) is 0 Å². The highest BCUT2D eigenvalue weighted by atomic mass is 33.1. The third-order valence-electron chi connectivity index (χ3n) is 17.0. The van der Waals surface area contributed by atoms with Gasteiger partial charge in [0.05, 0.1) is 30.9 Å². The SMILES string of the molecule is CC(C)[C@H](N)C(=O)N[C@@H](CCCNC(N)=O)C(=O)Nc1ccc(COC(=O)N[C@@H](Cc2ccccc2)C(=O)N[C@H]2CSSC[C@@H](C(=O)N[C@H](CO)[C@@H](C)O)NC(=O)C([C@@H](C)O)NC(=O)[C@H](CCCCNC(=O)OC(C)(C)C)NC(=O)[C@@H](Cc3c[nH]c4ccccc34)NC(=O)[C@H](Cc3ccccc3)NC2=O)cc1. The Kier molecular flexibility index (Phi) is 34.5. The molecule has 1 aliphatic rings. The Hall–Kier alpha value is -10.0. The highest BCUT2D eigenvalue weighted by Gasteiger charge is 2.38. The first-order chi connectivity index (χ1) is 50.9. The van der Waals surface area contributed by atoms with Gasteiger partial charge in [0.2, 0.25) is 53.2 Å². The predicted octanol–water partition coefficient (Wildman–Crippen LogP) is 1.58. The van der Waals surface area contributed by atoms with Crippen LogP contribution in [-0.4, -0.2) is 201 Å². The lowest BCUT2D eigenvalue weighted by Crippen LogP contribution is -2.62. The molecule has 1 saturated heterocycles. The van der Waals surface area contributed by atoms with E-state index in [-0.39, 0.29) is 88.5 Å². The van der Waals surface area contributed by atoms with Crippen molar-refractivity contribution in [3.63, 3.8) is 0 Å². The number of benzene rings is 4. The Morgan fingerprint density at radius 3 is 1.86 bits per heavy atom. The first-order valence-electron chi connectivity index (χ1n) is 35.2. The zero-order valence-electron chi connectivity index (χ0n) is 60.9. The van der Waals surface area contributed by atoms with Gasteiger partial charge in [0, 0.05) is 66.6 Å². The molecule has 6 rings (SSSR count). The van der Waals surface area contributed by atoms with Crippen molar-refractivity contribution in [1.82, 2.24) is 63.5 Å². The fourth-order valence-corrected chi connectivity index (χ4v) is 13.2. The number of unbranched alkanes of at least 4 members (excludes halogenated alkanes) is 1. The zero-order valence-corrected chi connectivity index (χ0v) is 62.5. The van der Waals surface area contributed by atoms with Gasteiger partial charge in [0.25, 0.3) is 0 Å². The average molecular weight is 1520 g/mol. The van der Waals surface area contributed by atoms with Gasteiger partial charge in [-0.15, -0.1) is 0 Å². The molecule has 1 fully saturated rings. The third kappa shape index (κ3) is 29.4. The monoisotopic (exact) mass is 1520 g/mol. The van der Waals surface area contributed by atoms with Crippen LogP contribution >= 0.6 is 21.6 Å². The maximum Gasteiger partial charge on any atom is 0.408 e. The molecule has 582 valence electrons. The third-order valence-corrected chi connectivity index (χ3v) is 19.4. The van der Waals surface area contributed by atoms with E-state index in [1.165, 1.54) is 26.0 Å². The lowest BCUT2D eigenvalue weighted by Gasteiger charge is -2.29. The summed E-state index contributed by atoms with van der Waals surface area (Å²) in [7, 11) is 1.84. The normalized spacial score (nSPS) is 19.5. The number of amides is 13. The number of aliphatic hydroxyl groups is 3. The van der Waals surface area contributed by atoms with Crippen molar-refractivity contribution in [2.24, 2.45) is 17.4 Å². The molecule has 107 heavy (non-hydrogen) atoms. The molecule has 34 heteroatoms. The number of fused-ring (bicyclic) bond motifs is 1. The van der Waals surface area contributed by atoms with Crippen LogP contribution in [0.4, 0.5) is 20.1 Å². The van der Waals surface area contributed by atoms with Crippen molar-refractivity contribution in [2.75, 3.05) is 36.5 Å². The Morgan fingerprint density at radius 2 is 1.22 bits per heavy atom. The summed E-state index contributed by atoms with van der Waals surface area (Å²) in [4.78, 5) is 171. The number of carbonyl (C=O) groups excluding carboxylic acids is 12. The van der Waals surface area contributed by atoms with E-state index in [1.54, 1.807) is 138 Å². The number of para-hydroxylation sites is 1. The minimum absolute atomic E-state index is 0.0801. The van der Waals surface area contributed by atoms with Gasteiger partial charge in [0.15, 0.2) is 0 Å². The quantitative estimate of drug-likeness (QED) is 0.0229. The number of rotatable bonds is 30. The molecule has 0 aliphatic carbocycles. The van der Waals surface area contributed by atoms with Crippen molar-refractivity contribution in [3.05, 3.63) is 138 Å².